The van der Waals surface area contributed by atoms with Gasteiger partial charge in [0.2, 0.25) is 0 Å². The standard InChI is InChI=1S/C10H12BrN3OS/c11-7-3-4-8(14-6-7)10(15)13-5-1-2-9(12)16/h3-4,6H,1-2,5H2,(H2,12,16)(H,13,15). The quantitative estimate of drug-likeness (QED) is 0.641. The number of amides is 1. The van der Waals surface area contributed by atoms with Gasteiger partial charge in [0, 0.05) is 17.2 Å². The SMILES string of the molecule is NC(=S)CCCNC(=O)c1ccc(Br)cn1. The Hall–Kier alpha value is -1.01. The van der Waals surface area contributed by atoms with E-state index < -0.39 is 0 Å². The molecule has 0 unspecified atom stereocenters. The number of hydrogen-bond donors (Lipinski definition) is 2. The van der Waals surface area contributed by atoms with E-state index in [2.05, 4.69) is 26.2 Å². The average molecular weight is 302 g/mol. The zero-order chi connectivity index (χ0) is 12.0. The van der Waals surface area contributed by atoms with Gasteiger partial charge < -0.3 is 11.1 Å². The Morgan fingerprint density at radius 1 is 1.56 bits per heavy atom. The highest BCUT2D eigenvalue weighted by Crippen LogP contribution is 2.07. The molecule has 86 valence electrons. The number of carbonyl (C=O) groups excluding carboxylic acids is 1. The van der Waals surface area contributed by atoms with Gasteiger partial charge in [0.25, 0.3) is 5.91 Å². The molecular weight excluding hydrogens is 290 g/mol. The van der Waals surface area contributed by atoms with Crippen LogP contribution in [0.15, 0.2) is 22.8 Å². The van der Waals surface area contributed by atoms with Crippen LogP contribution in [0.1, 0.15) is 23.3 Å². The van der Waals surface area contributed by atoms with Gasteiger partial charge in [0.1, 0.15) is 5.69 Å². The molecule has 1 heterocycles. The molecule has 0 spiro atoms. The van der Waals surface area contributed by atoms with E-state index >= 15 is 0 Å². The van der Waals surface area contributed by atoms with Gasteiger partial charge in [-0.3, -0.25) is 4.79 Å². The van der Waals surface area contributed by atoms with Gasteiger partial charge in [0.05, 0.1) is 4.99 Å². The zero-order valence-electron chi connectivity index (χ0n) is 8.57. The maximum absolute atomic E-state index is 11.5. The number of carbonyl (C=O) groups is 1. The van der Waals surface area contributed by atoms with Gasteiger partial charge >= 0.3 is 0 Å². The number of thiocarbonyl (C=S) groups is 1. The van der Waals surface area contributed by atoms with Crippen LogP contribution < -0.4 is 11.1 Å². The van der Waals surface area contributed by atoms with Crippen LogP contribution in [-0.4, -0.2) is 22.4 Å². The fraction of sp³-hybridized carbons (Fsp3) is 0.300. The third-order valence-corrected chi connectivity index (χ3v) is 2.52. The number of aromatic nitrogens is 1. The lowest BCUT2D eigenvalue weighted by atomic mass is 10.3. The van der Waals surface area contributed by atoms with Crippen molar-refractivity contribution in [3.8, 4) is 0 Å². The molecule has 0 aliphatic rings. The summed E-state index contributed by atoms with van der Waals surface area (Å²) in [5.74, 6) is -0.185. The first-order chi connectivity index (χ1) is 7.59. The summed E-state index contributed by atoms with van der Waals surface area (Å²) in [5, 5.41) is 2.74. The highest BCUT2D eigenvalue weighted by atomic mass is 79.9. The Labute approximate surface area is 108 Å². The lowest BCUT2D eigenvalue weighted by Crippen LogP contribution is -2.26. The van der Waals surface area contributed by atoms with Gasteiger partial charge in [-0.1, -0.05) is 12.2 Å². The molecule has 1 aromatic rings. The van der Waals surface area contributed by atoms with Crippen LogP contribution in [0.4, 0.5) is 0 Å². The highest BCUT2D eigenvalue weighted by molar-refractivity contribution is 9.10. The van der Waals surface area contributed by atoms with E-state index in [0.717, 1.165) is 10.9 Å². The lowest BCUT2D eigenvalue weighted by Gasteiger charge is -2.03. The summed E-state index contributed by atoms with van der Waals surface area (Å²) in [6, 6.07) is 3.43. The number of rotatable bonds is 5. The average Bonchev–Trinajstić information content (AvgIpc) is 2.25. The van der Waals surface area contributed by atoms with Crippen molar-refractivity contribution in [3.63, 3.8) is 0 Å². The number of nitrogens with two attached hydrogens (primary N) is 1. The maximum Gasteiger partial charge on any atom is 0.269 e. The molecule has 0 aromatic carbocycles. The molecule has 0 aliphatic heterocycles. The number of hydrogen-bond acceptors (Lipinski definition) is 3. The maximum atomic E-state index is 11.5. The van der Waals surface area contributed by atoms with Crippen LogP contribution in [0.5, 0.6) is 0 Å². The van der Waals surface area contributed by atoms with E-state index in [1.165, 1.54) is 0 Å². The summed E-state index contributed by atoms with van der Waals surface area (Å²) in [5.41, 5.74) is 5.74. The number of nitrogens with zero attached hydrogens (tertiary/aromatic N) is 1. The first-order valence-corrected chi connectivity index (χ1v) is 5.98. The minimum Gasteiger partial charge on any atom is -0.393 e. The second-order valence-corrected chi connectivity index (χ2v) is 4.63. The van der Waals surface area contributed by atoms with Gasteiger partial charge in [-0.2, -0.15) is 0 Å². The summed E-state index contributed by atoms with van der Waals surface area (Å²) in [6.07, 6.45) is 2.98. The summed E-state index contributed by atoms with van der Waals surface area (Å²) in [4.78, 5) is 16.0. The van der Waals surface area contributed by atoms with Crippen LogP contribution in [0, 0.1) is 0 Å². The molecule has 0 fully saturated rings. The van der Waals surface area contributed by atoms with Crippen LogP contribution in [0.25, 0.3) is 0 Å². The molecule has 4 nitrogen and oxygen atoms in total. The topological polar surface area (TPSA) is 68.0 Å². The van der Waals surface area contributed by atoms with Crippen LogP contribution in [-0.2, 0) is 0 Å². The number of halogens is 1. The third-order valence-electron chi connectivity index (χ3n) is 1.85. The van der Waals surface area contributed by atoms with E-state index in [9.17, 15) is 4.79 Å². The van der Waals surface area contributed by atoms with Crippen molar-refractivity contribution in [2.24, 2.45) is 5.73 Å². The largest absolute Gasteiger partial charge is 0.393 e. The van der Waals surface area contributed by atoms with Crippen molar-refractivity contribution in [2.75, 3.05) is 6.54 Å². The Morgan fingerprint density at radius 2 is 2.31 bits per heavy atom. The summed E-state index contributed by atoms with van der Waals surface area (Å²) < 4.78 is 0.845. The first-order valence-electron chi connectivity index (χ1n) is 4.77. The number of pyridine rings is 1. The van der Waals surface area contributed by atoms with Crippen molar-refractivity contribution < 1.29 is 4.79 Å². The molecule has 1 aromatic heterocycles. The van der Waals surface area contributed by atoms with Crippen molar-refractivity contribution in [1.29, 1.82) is 0 Å². The molecule has 0 bridgehead atoms. The van der Waals surface area contributed by atoms with Gasteiger partial charge in [-0.25, -0.2) is 4.98 Å². The first kappa shape index (κ1) is 13.1. The third kappa shape index (κ3) is 4.67. The van der Waals surface area contributed by atoms with E-state index in [0.29, 0.717) is 23.6 Å². The highest BCUT2D eigenvalue weighted by Gasteiger charge is 2.05. The predicted octanol–water partition coefficient (Wildman–Crippen LogP) is 1.64. The Kier molecular flexibility index (Phi) is 5.34. The van der Waals surface area contributed by atoms with Crippen molar-refractivity contribution in [2.45, 2.75) is 12.8 Å². The van der Waals surface area contributed by atoms with Crippen molar-refractivity contribution in [3.05, 3.63) is 28.5 Å². The molecule has 0 saturated heterocycles. The van der Waals surface area contributed by atoms with Crippen LogP contribution in [0.3, 0.4) is 0 Å². The minimum absolute atomic E-state index is 0.185. The Morgan fingerprint density at radius 3 is 2.88 bits per heavy atom. The molecule has 0 saturated carbocycles. The zero-order valence-corrected chi connectivity index (χ0v) is 11.0. The van der Waals surface area contributed by atoms with Crippen LogP contribution in [0.2, 0.25) is 0 Å². The summed E-state index contributed by atoms with van der Waals surface area (Å²) in [7, 11) is 0. The fourth-order valence-electron chi connectivity index (χ4n) is 1.07. The second-order valence-electron chi connectivity index (χ2n) is 3.19. The number of nitrogens with one attached hydrogen (secondary N) is 1. The normalized spacial score (nSPS) is 9.81. The molecule has 1 amide bonds. The molecule has 0 radical (unpaired) electrons. The molecular formula is C10H12BrN3OS. The molecule has 0 atom stereocenters. The smallest absolute Gasteiger partial charge is 0.269 e. The van der Waals surface area contributed by atoms with Crippen molar-refractivity contribution in [1.82, 2.24) is 10.3 Å². The van der Waals surface area contributed by atoms with E-state index in [1.807, 2.05) is 0 Å². The molecule has 1 rings (SSSR count). The minimum atomic E-state index is -0.185. The monoisotopic (exact) mass is 301 g/mol. The van der Waals surface area contributed by atoms with Gasteiger partial charge in [-0.15, -0.1) is 0 Å². The van der Waals surface area contributed by atoms with E-state index in [-0.39, 0.29) is 5.91 Å². The van der Waals surface area contributed by atoms with Gasteiger partial charge in [-0.05, 0) is 40.9 Å². The van der Waals surface area contributed by atoms with Crippen LogP contribution >= 0.6 is 28.1 Å². The lowest BCUT2D eigenvalue weighted by molar-refractivity contribution is 0.0948. The molecule has 0 aliphatic carbocycles. The fourth-order valence-corrected chi connectivity index (χ4v) is 1.44. The van der Waals surface area contributed by atoms with Gasteiger partial charge in [0.15, 0.2) is 0 Å². The van der Waals surface area contributed by atoms with Crippen molar-refractivity contribution >= 4 is 39.0 Å². The molecule has 3 N–H and O–H groups in total. The molecule has 16 heavy (non-hydrogen) atoms. The second kappa shape index (κ2) is 6.55. The molecule has 6 heteroatoms. The Balaban J connectivity index is 2.35. The predicted molar refractivity (Wildman–Crippen MR) is 70.3 cm³/mol. The van der Waals surface area contributed by atoms with E-state index in [4.69, 9.17) is 18.0 Å². The summed E-state index contributed by atoms with van der Waals surface area (Å²) >= 11 is 7.98. The van der Waals surface area contributed by atoms with E-state index in [1.54, 1.807) is 18.3 Å². The Bertz CT molecular complexity index is 380. The summed E-state index contributed by atoms with van der Waals surface area (Å²) in [6.45, 7) is 0.550.